The highest BCUT2D eigenvalue weighted by atomic mass is 32.2. The Morgan fingerprint density at radius 3 is 2.85 bits per heavy atom. The van der Waals surface area contributed by atoms with Crippen LogP contribution in [0.3, 0.4) is 0 Å². The van der Waals surface area contributed by atoms with Crippen molar-refractivity contribution in [2.24, 2.45) is 5.92 Å². The van der Waals surface area contributed by atoms with Gasteiger partial charge in [-0.1, -0.05) is 6.92 Å². The first-order valence-corrected chi connectivity index (χ1v) is 5.20. The van der Waals surface area contributed by atoms with Crippen LogP contribution in [0.1, 0.15) is 27.2 Å². The second-order valence-electron chi connectivity index (χ2n) is 3.82. The van der Waals surface area contributed by atoms with E-state index in [2.05, 4.69) is 12.2 Å². The largest absolute Gasteiger partial charge is 0.405 e. The Morgan fingerprint density at radius 2 is 2.38 bits per heavy atom. The zero-order chi connectivity index (χ0) is 9.90. The lowest BCUT2D eigenvalue weighted by atomic mass is 10.1. The molecule has 4 heteroatoms. The normalized spacial score (nSPS) is 23.4. The van der Waals surface area contributed by atoms with Crippen molar-refractivity contribution in [3.8, 4) is 0 Å². The van der Waals surface area contributed by atoms with Crippen LogP contribution in [-0.4, -0.2) is 11.5 Å². The summed E-state index contributed by atoms with van der Waals surface area (Å²) in [5.41, 5.74) is 0. The van der Waals surface area contributed by atoms with Crippen molar-refractivity contribution in [1.82, 2.24) is 5.32 Å². The van der Waals surface area contributed by atoms with Gasteiger partial charge in [0.1, 0.15) is 0 Å². The molecule has 13 heavy (non-hydrogen) atoms. The summed E-state index contributed by atoms with van der Waals surface area (Å²) in [5, 5.41) is 1.75. The molecule has 1 aliphatic heterocycles. The topological polar surface area (TPSA) is 21.3 Å². The highest BCUT2D eigenvalue weighted by Gasteiger charge is 2.20. The van der Waals surface area contributed by atoms with Gasteiger partial charge in [0.05, 0.1) is 12.0 Å². The van der Waals surface area contributed by atoms with E-state index >= 15 is 0 Å². The Hall–Kier alpha value is -0.380. The summed E-state index contributed by atoms with van der Waals surface area (Å²) in [7, 11) is 0. The van der Waals surface area contributed by atoms with E-state index in [4.69, 9.17) is 4.18 Å². The minimum atomic E-state index is -1.34. The summed E-state index contributed by atoms with van der Waals surface area (Å²) in [6.07, 6.45) is 2.96. The number of nitrogens with one attached hydrogen (secondary N) is 1. The Kier molecular flexibility index (Phi) is 3.47. The van der Waals surface area contributed by atoms with E-state index in [1.54, 1.807) is 0 Å². The molecule has 2 nitrogen and oxygen atoms in total. The minimum Gasteiger partial charge on any atom is -0.405 e. The van der Waals surface area contributed by atoms with Gasteiger partial charge in [0, 0.05) is 6.54 Å². The molecule has 0 unspecified atom stereocenters. The predicted molar refractivity (Wildman–Crippen MR) is 53.7 cm³/mol. The maximum atomic E-state index is 13.0. The Morgan fingerprint density at radius 1 is 1.69 bits per heavy atom. The first-order valence-electron chi connectivity index (χ1n) is 4.46. The van der Waals surface area contributed by atoms with Gasteiger partial charge in [-0.15, -0.1) is 0 Å². The van der Waals surface area contributed by atoms with E-state index in [1.807, 2.05) is 6.08 Å². The van der Waals surface area contributed by atoms with Crippen LogP contribution >= 0.6 is 12.0 Å². The summed E-state index contributed by atoms with van der Waals surface area (Å²) >= 11 is 0.844. The molecule has 0 aromatic rings. The molecule has 0 bridgehead atoms. The summed E-state index contributed by atoms with van der Waals surface area (Å²) in [6, 6.07) is 0. The Labute approximate surface area is 83.1 Å². The van der Waals surface area contributed by atoms with Crippen LogP contribution in [0.15, 0.2) is 12.0 Å². The van der Waals surface area contributed by atoms with Crippen molar-refractivity contribution in [3.05, 3.63) is 12.0 Å². The first kappa shape index (κ1) is 10.7. The first-order chi connectivity index (χ1) is 5.97. The molecule has 1 atom stereocenters. The maximum absolute atomic E-state index is 13.0. The van der Waals surface area contributed by atoms with E-state index in [1.165, 1.54) is 13.8 Å². The molecule has 0 fully saturated rings. The Balaban J connectivity index is 2.30. The summed E-state index contributed by atoms with van der Waals surface area (Å²) < 4.78 is 18.2. The van der Waals surface area contributed by atoms with Crippen molar-refractivity contribution in [1.29, 1.82) is 0 Å². The molecule has 0 aromatic heterocycles. The molecule has 0 aromatic carbocycles. The van der Waals surface area contributed by atoms with Crippen LogP contribution in [0.25, 0.3) is 0 Å². The maximum Gasteiger partial charge on any atom is 0.198 e. The van der Waals surface area contributed by atoms with Crippen molar-refractivity contribution >= 4 is 12.0 Å². The summed E-state index contributed by atoms with van der Waals surface area (Å²) in [6.45, 7) is 6.01. The third-order valence-corrected chi connectivity index (χ3v) is 2.32. The SMILES string of the molecule is C[C@H]1CC=C(OSC(C)(C)F)NC1. The second kappa shape index (κ2) is 4.22. The fourth-order valence-electron chi connectivity index (χ4n) is 0.946. The molecule has 0 amide bonds. The van der Waals surface area contributed by atoms with Crippen LogP contribution in [0.4, 0.5) is 4.39 Å². The van der Waals surface area contributed by atoms with E-state index in [0.29, 0.717) is 11.8 Å². The smallest absolute Gasteiger partial charge is 0.198 e. The number of halogens is 1. The second-order valence-corrected chi connectivity index (χ2v) is 5.12. The molecule has 1 N–H and O–H groups in total. The van der Waals surface area contributed by atoms with Gasteiger partial charge in [0.2, 0.25) is 0 Å². The standard InChI is InChI=1S/C9H16FNOS/c1-7-4-5-8(11-6-7)12-13-9(2,3)10/h5,7,11H,4,6H2,1-3H3/t7-/m0/s1. The van der Waals surface area contributed by atoms with E-state index < -0.39 is 5.00 Å². The van der Waals surface area contributed by atoms with Crippen molar-refractivity contribution in [2.75, 3.05) is 6.54 Å². The lowest BCUT2D eigenvalue weighted by Gasteiger charge is -2.21. The third kappa shape index (κ3) is 4.41. The zero-order valence-electron chi connectivity index (χ0n) is 8.26. The molecular formula is C9H16FNOS. The van der Waals surface area contributed by atoms with Crippen LogP contribution in [0.5, 0.6) is 0 Å². The van der Waals surface area contributed by atoms with Crippen LogP contribution in [-0.2, 0) is 4.18 Å². The molecule has 1 rings (SSSR count). The van der Waals surface area contributed by atoms with E-state index in [9.17, 15) is 4.39 Å². The predicted octanol–water partition coefficient (Wildman–Crippen LogP) is 2.83. The fraction of sp³-hybridized carbons (Fsp3) is 0.778. The van der Waals surface area contributed by atoms with Crippen LogP contribution in [0.2, 0.25) is 0 Å². The van der Waals surface area contributed by atoms with Crippen molar-refractivity contribution in [2.45, 2.75) is 32.2 Å². The summed E-state index contributed by atoms with van der Waals surface area (Å²) in [5.74, 6) is 1.32. The highest BCUT2D eigenvalue weighted by Crippen LogP contribution is 2.29. The number of rotatable bonds is 3. The molecule has 0 saturated heterocycles. The number of alkyl halides is 1. The van der Waals surface area contributed by atoms with Gasteiger partial charge in [0.25, 0.3) is 0 Å². The van der Waals surface area contributed by atoms with Crippen molar-refractivity contribution < 1.29 is 8.57 Å². The van der Waals surface area contributed by atoms with Crippen LogP contribution in [0, 0.1) is 5.92 Å². The average Bonchev–Trinajstić information content (AvgIpc) is 2.02. The highest BCUT2D eigenvalue weighted by molar-refractivity contribution is 7.95. The van der Waals surface area contributed by atoms with Gasteiger partial charge < -0.3 is 9.50 Å². The van der Waals surface area contributed by atoms with Gasteiger partial charge in [0.15, 0.2) is 10.9 Å². The molecule has 76 valence electrons. The quantitative estimate of drug-likeness (QED) is 0.716. The average molecular weight is 205 g/mol. The van der Waals surface area contributed by atoms with Gasteiger partial charge >= 0.3 is 0 Å². The number of allylic oxidation sites excluding steroid dienone is 1. The fourth-order valence-corrected chi connectivity index (χ4v) is 1.36. The Bertz CT molecular complexity index is 200. The zero-order valence-corrected chi connectivity index (χ0v) is 9.08. The number of hydrogen-bond acceptors (Lipinski definition) is 3. The molecule has 1 aliphatic rings. The minimum absolute atomic E-state index is 0.635. The van der Waals surface area contributed by atoms with Crippen LogP contribution < -0.4 is 5.32 Å². The lowest BCUT2D eigenvalue weighted by Crippen LogP contribution is -2.25. The van der Waals surface area contributed by atoms with Gasteiger partial charge in [-0.05, 0) is 32.3 Å². The van der Waals surface area contributed by atoms with E-state index in [0.717, 1.165) is 25.0 Å². The van der Waals surface area contributed by atoms with Crippen molar-refractivity contribution in [3.63, 3.8) is 0 Å². The summed E-state index contributed by atoms with van der Waals surface area (Å²) in [4.78, 5) is 0. The molecule has 0 aliphatic carbocycles. The number of hydrogen-bond donors (Lipinski definition) is 1. The van der Waals surface area contributed by atoms with E-state index in [-0.39, 0.29) is 0 Å². The molecule has 1 heterocycles. The third-order valence-electron chi connectivity index (χ3n) is 1.66. The van der Waals surface area contributed by atoms with Gasteiger partial charge in [-0.25, -0.2) is 4.39 Å². The van der Waals surface area contributed by atoms with Gasteiger partial charge in [-0.3, -0.25) is 0 Å². The monoisotopic (exact) mass is 205 g/mol. The molecule has 0 radical (unpaired) electrons. The lowest BCUT2D eigenvalue weighted by molar-refractivity contribution is 0.310. The molecule has 0 spiro atoms. The molecule has 0 saturated carbocycles. The van der Waals surface area contributed by atoms with Gasteiger partial charge in [-0.2, -0.15) is 0 Å². The molecular weight excluding hydrogens is 189 g/mol.